The van der Waals surface area contributed by atoms with Crippen molar-refractivity contribution in [2.75, 3.05) is 7.11 Å². The Bertz CT molecular complexity index is 363. The molecule has 0 aromatic heterocycles. The Labute approximate surface area is 92.8 Å². The number of aliphatic hydroxyl groups excluding tert-OH is 1. The van der Waals surface area contributed by atoms with Crippen LogP contribution < -0.4 is 4.74 Å². The van der Waals surface area contributed by atoms with Crippen molar-refractivity contribution in [1.82, 2.24) is 0 Å². The highest BCUT2D eigenvalue weighted by molar-refractivity contribution is 9.10. The maximum absolute atomic E-state index is 12.4. The molecule has 0 unspecified atom stereocenters. The molecular formula is C9H8BrF3O2. The third kappa shape index (κ3) is 2.63. The van der Waals surface area contributed by atoms with Crippen molar-refractivity contribution >= 4 is 15.9 Å². The van der Waals surface area contributed by atoms with Crippen molar-refractivity contribution in [3.63, 3.8) is 0 Å². The fourth-order valence-electron chi connectivity index (χ4n) is 1.16. The summed E-state index contributed by atoms with van der Waals surface area (Å²) in [6, 6.07) is 1.78. The first-order valence-electron chi connectivity index (χ1n) is 3.94. The Morgan fingerprint density at radius 1 is 1.40 bits per heavy atom. The smallest absolute Gasteiger partial charge is 0.416 e. The van der Waals surface area contributed by atoms with E-state index in [1.807, 2.05) is 0 Å². The minimum Gasteiger partial charge on any atom is -0.495 e. The molecule has 1 aromatic rings. The number of hydrogen-bond acceptors (Lipinski definition) is 2. The molecule has 6 heteroatoms. The van der Waals surface area contributed by atoms with Gasteiger partial charge in [-0.2, -0.15) is 13.2 Å². The van der Waals surface area contributed by atoms with E-state index in [0.717, 1.165) is 12.1 Å². The summed E-state index contributed by atoms with van der Waals surface area (Å²) in [5.41, 5.74) is -0.724. The van der Waals surface area contributed by atoms with Crippen LogP contribution in [0, 0.1) is 0 Å². The normalized spacial score (nSPS) is 11.6. The molecule has 15 heavy (non-hydrogen) atoms. The Hall–Kier alpha value is -0.750. The number of alkyl halides is 3. The van der Waals surface area contributed by atoms with Gasteiger partial charge in [-0.3, -0.25) is 0 Å². The monoisotopic (exact) mass is 284 g/mol. The van der Waals surface area contributed by atoms with Crippen LogP contribution in [-0.4, -0.2) is 12.2 Å². The fraction of sp³-hybridized carbons (Fsp3) is 0.333. The van der Waals surface area contributed by atoms with Crippen molar-refractivity contribution in [1.29, 1.82) is 0 Å². The van der Waals surface area contributed by atoms with E-state index in [9.17, 15) is 13.2 Å². The number of methoxy groups -OCH3 is 1. The summed E-state index contributed by atoms with van der Waals surface area (Å²) in [7, 11) is 1.33. The van der Waals surface area contributed by atoms with E-state index >= 15 is 0 Å². The highest BCUT2D eigenvalue weighted by Gasteiger charge is 2.32. The standard InChI is InChI=1S/C9H8BrF3O2/c1-15-8-5(4-14)2-6(3-7(8)10)9(11,12)13/h2-3,14H,4H2,1H3. The zero-order valence-electron chi connectivity index (χ0n) is 7.73. The fourth-order valence-corrected chi connectivity index (χ4v) is 1.82. The first kappa shape index (κ1) is 12.3. The maximum atomic E-state index is 12.4. The largest absolute Gasteiger partial charge is 0.495 e. The molecule has 0 saturated heterocycles. The lowest BCUT2D eigenvalue weighted by molar-refractivity contribution is -0.137. The lowest BCUT2D eigenvalue weighted by Crippen LogP contribution is -2.07. The van der Waals surface area contributed by atoms with Crippen LogP contribution in [0.1, 0.15) is 11.1 Å². The van der Waals surface area contributed by atoms with E-state index in [1.165, 1.54) is 7.11 Å². The summed E-state index contributed by atoms with van der Waals surface area (Å²) in [6.07, 6.45) is -4.43. The molecule has 0 radical (unpaired) electrons. The minimum atomic E-state index is -4.43. The van der Waals surface area contributed by atoms with E-state index in [4.69, 9.17) is 9.84 Å². The number of hydrogen-bond donors (Lipinski definition) is 1. The molecule has 0 heterocycles. The summed E-state index contributed by atoms with van der Waals surface area (Å²) in [6.45, 7) is -0.508. The van der Waals surface area contributed by atoms with E-state index in [-0.39, 0.29) is 15.8 Å². The molecule has 0 saturated carbocycles. The molecule has 2 nitrogen and oxygen atoms in total. The second kappa shape index (κ2) is 4.40. The third-order valence-electron chi connectivity index (χ3n) is 1.82. The average Bonchev–Trinajstić information content (AvgIpc) is 2.15. The Morgan fingerprint density at radius 3 is 2.40 bits per heavy atom. The number of rotatable bonds is 2. The summed E-state index contributed by atoms with van der Waals surface area (Å²) >= 11 is 2.96. The predicted octanol–water partition coefficient (Wildman–Crippen LogP) is 2.97. The van der Waals surface area contributed by atoms with Gasteiger partial charge in [0.1, 0.15) is 5.75 Å². The summed E-state index contributed by atoms with van der Waals surface area (Å²) in [5, 5.41) is 8.90. The van der Waals surface area contributed by atoms with Crippen molar-refractivity contribution in [3.05, 3.63) is 27.7 Å². The number of ether oxygens (including phenoxy) is 1. The van der Waals surface area contributed by atoms with Gasteiger partial charge in [0.2, 0.25) is 0 Å². The van der Waals surface area contributed by atoms with Gasteiger partial charge in [-0.1, -0.05) is 0 Å². The first-order valence-corrected chi connectivity index (χ1v) is 4.74. The molecule has 0 aliphatic heterocycles. The van der Waals surface area contributed by atoms with E-state index in [2.05, 4.69) is 15.9 Å². The van der Waals surface area contributed by atoms with Gasteiger partial charge in [0.15, 0.2) is 0 Å². The van der Waals surface area contributed by atoms with Crippen molar-refractivity contribution in [3.8, 4) is 5.75 Å². The van der Waals surface area contributed by atoms with Crippen LogP contribution in [0.4, 0.5) is 13.2 Å². The van der Waals surface area contributed by atoms with Crippen molar-refractivity contribution in [2.24, 2.45) is 0 Å². The van der Waals surface area contributed by atoms with Crippen LogP contribution in [0.25, 0.3) is 0 Å². The molecule has 0 spiro atoms. The zero-order chi connectivity index (χ0) is 11.6. The van der Waals surface area contributed by atoms with Gasteiger partial charge >= 0.3 is 6.18 Å². The molecule has 0 bridgehead atoms. The summed E-state index contributed by atoms with van der Waals surface area (Å²) < 4.78 is 42.2. The highest BCUT2D eigenvalue weighted by Crippen LogP contribution is 2.37. The van der Waals surface area contributed by atoms with E-state index < -0.39 is 18.3 Å². The maximum Gasteiger partial charge on any atom is 0.416 e. The number of halogens is 4. The second-order valence-corrected chi connectivity index (χ2v) is 3.66. The van der Waals surface area contributed by atoms with Gasteiger partial charge in [0, 0.05) is 5.56 Å². The molecule has 1 aromatic carbocycles. The van der Waals surface area contributed by atoms with Crippen molar-refractivity contribution in [2.45, 2.75) is 12.8 Å². The molecular weight excluding hydrogens is 277 g/mol. The second-order valence-electron chi connectivity index (χ2n) is 2.81. The van der Waals surface area contributed by atoms with E-state index in [1.54, 1.807) is 0 Å². The molecule has 0 fully saturated rings. The minimum absolute atomic E-state index is 0.0965. The van der Waals surface area contributed by atoms with E-state index in [0.29, 0.717) is 0 Å². The molecule has 0 aliphatic carbocycles. The Morgan fingerprint density at radius 2 is 2.00 bits per heavy atom. The SMILES string of the molecule is COc1c(Br)cc(C(F)(F)F)cc1CO. The van der Waals surface area contributed by atoms with Gasteiger partial charge < -0.3 is 9.84 Å². The summed E-state index contributed by atoms with van der Waals surface area (Å²) in [4.78, 5) is 0. The lowest BCUT2D eigenvalue weighted by Gasteiger charge is -2.13. The van der Waals surface area contributed by atoms with Gasteiger partial charge in [-0.15, -0.1) is 0 Å². The molecule has 0 aliphatic rings. The quantitative estimate of drug-likeness (QED) is 0.905. The van der Waals surface area contributed by atoms with Crippen LogP contribution in [-0.2, 0) is 12.8 Å². The van der Waals surface area contributed by atoms with Gasteiger partial charge in [0.25, 0.3) is 0 Å². The van der Waals surface area contributed by atoms with Gasteiger partial charge in [-0.05, 0) is 28.1 Å². The topological polar surface area (TPSA) is 29.5 Å². The van der Waals surface area contributed by atoms with Crippen LogP contribution >= 0.6 is 15.9 Å². The number of aliphatic hydroxyl groups is 1. The van der Waals surface area contributed by atoms with Gasteiger partial charge in [-0.25, -0.2) is 0 Å². The predicted molar refractivity (Wildman–Crippen MR) is 51.6 cm³/mol. The third-order valence-corrected chi connectivity index (χ3v) is 2.41. The molecule has 1 rings (SSSR count). The van der Waals surface area contributed by atoms with Crippen LogP contribution in [0.15, 0.2) is 16.6 Å². The molecule has 1 N–H and O–H groups in total. The summed E-state index contributed by atoms with van der Waals surface area (Å²) in [5.74, 6) is 0.213. The van der Waals surface area contributed by atoms with Crippen LogP contribution in [0.3, 0.4) is 0 Å². The van der Waals surface area contributed by atoms with Crippen LogP contribution in [0.5, 0.6) is 5.75 Å². The Kier molecular flexibility index (Phi) is 3.62. The molecule has 0 amide bonds. The first-order chi connectivity index (χ1) is 6.90. The zero-order valence-corrected chi connectivity index (χ0v) is 9.32. The molecule has 0 atom stereocenters. The highest BCUT2D eigenvalue weighted by atomic mass is 79.9. The van der Waals surface area contributed by atoms with Crippen LogP contribution in [0.2, 0.25) is 0 Å². The number of benzene rings is 1. The van der Waals surface area contributed by atoms with Crippen molar-refractivity contribution < 1.29 is 23.0 Å². The molecule has 84 valence electrons. The van der Waals surface area contributed by atoms with Gasteiger partial charge in [0.05, 0.1) is 23.8 Å². The Balaban J connectivity index is 3.32. The lowest BCUT2D eigenvalue weighted by atomic mass is 10.1. The average molecular weight is 285 g/mol.